The van der Waals surface area contributed by atoms with E-state index in [1.54, 1.807) is 6.66 Å². The van der Waals surface area contributed by atoms with E-state index in [0.29, 0.717) is 0 Å². The molecule has 2 rings (SSSR count). The van der Waals surface area contributed by atoms with Crippen molar-refractivity contribution in [3.05, 3.63) is 35.9 Å². The summed E-state index contributed by atoms with van der Waals surface area (Å²) >= 11 is 0. The van der Waals surface area contributed by atoms with E-state index in [-0.39, 0.29) is 31.0 Å². The summed E-state index contributed by atoms with van der Waals surface area (Å²) in [6.45, 7) is 1.60. The number of carbonyl (C=O) groups is 2. The maximum atomic E-state index is 12.7. The fourth-order valence-corrected chi connectivity index (χ4v) is 4.89. The average molecular weight is 380 g/mol. The molecule has 1 aliphatic carbocycles. The number of benzene rings is 1. The van der Waals surface area contributed by atoms with Crippen molar-refractivity contribution in [2.75, 3.05) is 12.8 Å². The predicted molar refractivity (Wildman–Crippen MR) is 102 cm³/mol. The molecular weight excluding hydrogens is 351 g/mol. The number of primary amides is 1. The Morgan fingerprint density at radius 1 is 1.23 bits per heavy atom. The Bertz CT molecular complexity index is 644. The van der Waals surface area contributed by atoms with Crippen molar-refractivity contribution in [1.29, 1.82) is 0 Å². The zero-order valence-corrected chi connectivity index (χ0v) is 16.3. The quantitative estimate of drug-likeness (QED) is 0.644. The number of nitrogens with two attached hydrogens (primary N) is 1. The lowest BCUT2D eigenvalue weighted by Gasteiger charge is -2.26. The Kier molecular flexibility index (Phi) is 7.85. The molecule has 2 amide bonds. The maximum absolute atomic E-state index is 12.7. The number of nitrogens with one attached hydrogen (secondary N) is 1. The molecule has 0 heterocycles. The van der Waals surface area contributed by atoms with Gasteiger partial charge >= 0.3 is 0 Å². The summed E-state index contributed by atoms with van der Waals surface area (Å²) in [4.78, 5) is 23.8. The minimum Gasteiger partial charge on any atom is -0.368 e. The molecule has 2 atom stereocenters. The van der Waals surface area contributed by atoms with Gasteiger partial charge in [-0.15, -0.1) is 0 Å². The van der Waals surface area contributed by atoms with Crippen LogP contribution in [0.15, 0.2) is 30.3 Å². The Balaban J connectivity index is 1.83. The number of carbonyl (C=O) groups excluding carboxylic acids is 2. The topological polar surface area (TPSA) is 98.5 Å². The van der Waals surface area contributed by atoms with Crippen LogP contribution in [-0.4, -0.2) is 36.8 Å². The Morgan fingerprint density at radius 2 is 1.88 bits per heavy atom. The summed E-state index contributed by atoms with van der Waals surface area (Å²) in [5.41, 5.74) is 6.26. The zero-order chi connectivity index (χ0) is 19.0. The largest absolute Gasteiger partial charge is 0.368 e. The lowest BCUT2D eigenvalue weighted by molar-refractivity contribution is -0.127. The number of hydrogen-bond acceptors (Lipinski definition) is 4. The van der Waals surface area contributed by atoms with Crippen molar-refractivity contribution in [3.8, 4) is 0 Å². The summed E-state index contributed by atoms with van der Waals surface area (Å²) < 4.78 is 18.5. The molecule has 0 aromatic heterocycles. The lowest BCUT2D eigenvalue weighted by Crippen LogP contribution is -2.45. The van der Waals surface area contributed by atoms with Crippen molar-refractivity contribution in [2.24, 2.45) is 5.73 Å². The van der Waals surface area contributed by atoms with E-state index in [1.165, 1.54) is 6.42 Å². The third kappa shape index (κ3) is 7.30. The van der Waals surface area contributed by atoms with Gasteiger partial charge in [0.05, 0.1) is 12.5 Å². The number of hydrogen-bond donors (Lipinski definition) is 2. The van der Waals surface area contributed by atoms with Crippen molar-refractivity contribution >= 4 is 19.2 Å². The first-order valence-electron chi connectivity index (χ1n) is 9.23. The van der Waals surface area contributed by atoms with Crippen LogP contribution in [0, 0.1) is 0 Å². The Hall–Kier alpha value is -1.65. The first kappa shape index (κ1) is 20.7. The highest BCUT2D eigenvalue weighted by Gasteiger charge is 2.27. The van der Waals surface area contributed by atoms with Gasteiger partial charge in [0.2, 0.25) is 19.2 Å². The van der Waals surface area contributed by atoms with E-state index in [2.05, 4.69) is 5.32 Å². The van der Waals surface area contributed by atoms with E-state index >= 15 is 0 Å². The summed E-state index contributed by atoms with van der Waals surface area (Å²) in [7, 11) is -2.82. The van der Waals surface area contributed by atoms with Crippen LogP contribution in [0.2, 0.25) is 0 Å². The summed E-state index contributed by atoms with van der Waals surface area (Å²) in [5.74, 6) is -0.900. The maximum Gasteiger partial charge on any atom is 0.240 e. The molecule has 1 aromatic rings. The Labute approximate surface area is 155 Å². The van der Waals surface area contributed by atoms with E-state index in [4.69, 9.17) is 10.3 Å². The molecule has 0 saturated heterocycles. The molecule has 0 aliphatic heterocycles. The average Bonchev–Trinajstić information content (AvgIpc) is 2.59. The smallest absolute Gasteiger partial charge is 0.240 e. The van der Waals surface area contributed by atoms with E-state index in [0.717, 1.165) is 31.2 Å². The summed E-state index contributed by atoms with van der Waals surface area (Å²) in [6, 6.07) is 8.43. The lowest BCUT2D eigenvalue weighted by atomic mass is 9.98. The van der Waals surface area contributed by atoms with Gasteiger partial charge in [-0.1, -0.05) is 49.6 Å². The van der Waals surface area contributed by atoms with Gasteiger partial charge < -0.3 is 15.6 Å². The van der Waals surface area contributed by atoms with Crippen molar-refractivity contribution in [2.45, 2.75) is 57.1 Å². The molecule has 144 valence electrons. The predicted octanol–water partition coefficient (Wildman–Crippen LogP) is 2.85. The SMILES string of the molecule is CP(=O)(CCC(NC(=O)Cc1ccccc1)C(N)=O)OC1CCCCC1. The molecule has 1 aromatic carbocycles. The fourth-order valence-electron chi connectivity index (χ4n) is 3.21. The van der Waals surface area contributed by atoms with E-state index < -0.39 is 19.3 Å². The van der Waals surface area contributed by atoms with Crippen LogP contribution in [0.3, 0.4) is 0 Å². The monoisotopic (exact) mass is 380 g/mol. The molecule has 2 unspecified atom stereocenters. The van der Waals surface area contributed by atoms with Crippen LogP contribution >= 0.6 is 7.37 Å². The second-order valence-electron chi connectivity index (χ2n) is 7.08. The molecule has 1 aliphatic rings. The van der Waals surface area contributed by atoms with Gasteiger partial charge in [-0.3, -0.25) is 14.2 Å². The molecule has 0 radical (unpaired) electrons. The van der Waals surface area contributed by atoms with Gasteiger partial charge in [0, 0.05) is 12.8 Å². The van der Waals surface area contributed by atoms with Crippen LogP contribution < -0.4 is 11.1 Å². The van der Waals surface area contributed by atoms with Gasteiger partial charge in [-0.25, -0.2) is 0 Å². The molecule has 1 saturated carbocycles. The highest BCUT2D eigenvalue weighted by Crippen LogP contribution is 2.46. The molecular formula is C19H29N2O4P. The first-order chi connectivity index (χ1) is 12.4. The number of amides is 2. The molecule has 0 bridgehead atoms. The number of rotatable bonds is 9. The third-order valence-corrected chi connectivity index (χ3v) is 6.45. The second-order valence-corrected chi connectivity index (χ2v) is 9.76. The van der Waals surface area contributed by atoms with Crippen LogP contribution in [0.1, 0.15) is 44.1 Å². The molecule has 0 spiro atoms. The van der Waals surface area contributed by atoms with Gasteiger partial charge in [0.25, 0.3) is 0 Å². The Morgan fingerprint density at radius 3 is 2.50 bits per heavy atom. The molecule has 1 fully saturated rings. The molecule has 7 heteroatoms. The van der Waals surface area contributed by atoms with Crippen LogP contribution in [0.25, 0.3) is 0 Å². The van der Waals surface area contributed by atoms with Crippen LogP contribution in [0.5, 0.6) is 0 Å². The van der Waals surface area contributed by atoms with E-state index in [9.17, 15) is 14.2 Å². The van der Waals surface area contributed by atoms with Gasteiger partial charge in [0.15, 0.2) is 0 Å². The van der Waals surface area contributed by atoms with Crippen LogP contribution in [0.4, 0.5) is 0 Å². The minimum atomic E-state index is -2.82. The van der Waals surface area contributed by atoms with E-state index in [1.807, 2.05) is 30.3 Å². The van der Waals surface area contributed by atoms with Gasteiger partial charge in [0.1, 0.15) is 6.04 Å². The highest BCUT2D eigenvalue weighted by molar-refractivity contribution is 7.58. The van der Waals surface area contributed by atoms with Crippen LogP contribution in [-0.2, 0) is 25.1 Å². The van der Waals surface area contributed by atoms with Crippen molar-refractivity contribution < 1.29 is 18.7 Å². The van der Waals surface area contributed by atoms with Gasteiger partial charge in [-0.05, 0) is 24.8 Å². The zero-order valence-electron chi connectivity index (χ0n) is 15.4. The summed E-state index contributed by atoms with van der Waals surface area (Å²) in [6.07, 6.45) is 5.93. The third-order valence-electron chi connectivity index (χ3n) is 4.63. The van der Waals surface area contributed by atoms with Crippen molar-refractivity contribution in [1.82, 2.24) is 5.32 Å². The standard InChI is InChI=1S/C19H29N2O4P/c1-26(24,25-16-10-6-3-7-11-16)13-12-17(19(20)23)21-18(22)14-15-8-4-2-5-9-15/h2,4-5,8-9,16-17H,3,6-7,10-14H2,1H3,(H2,20,23)(H,21,22). The van der Waals surface area contributed by atoms with Crippen molar-refractivity contribution in [3.63, 3.8) is 0 Å². The fraction of sp³-hybridized carbons (Fsp3) is 0.579. The highest BCUT2D eigenvalue weighted by atomic mass is 31.2. The molecule has 3 N–H and O–H groups in total. The van der Waals surface area contributed by atoms with Gasteiger partial charge in [-0.2, -0.15) is 0 Å². The minimum absolute atomic E-state index is 0.0410. The first-order valence-corrected chi connectivity index (χ1v) is 11.5. The summed E-state index contributed by atoms with van der Waals surface area (Å²) in [5, 5.41) is 2.65. The molecule has 26 heavy (non-hydrogen) atoms. The normalized spacial score (nSPS) is 18.7. The molecule has 6 nitrogen and oxygen atoms in total. The second kappa shape index (κ2) is 9.89.